The van der Waals surface area contributed by atoms with Gasteiger partial charge in [-0.3, -0.25) is 0 Å². The van der Waals surface area contributed by atoms with E-state index in [1.807, 2.05) is 6.07 Å². The molecular weight excluding hydrogens is 292 g/mol. The average molecular weight is 315 g/mol. The molecule has 0 saturated heterocycles. The lowest BCUT2D eigenvalue weighted by Gasteiger charge is -2.36. The highest BCUT2D eigenvalue weighted by Gasteiger charge is 2.37. The second-order valence-electron chi connectivity index (χ2n) is 6.39. The molecule has 0 aliphatic carbocycles. The Morgan fingerprint density at radius 1 is 1.25 bits per heavy atom. The SMILES string of the molecule is COC(=O)c1cc(Cl)cc(CO[Si](C)(C)C(C)(C)C)c1. The third-order valence-corrected chi connectivity index (χ3v) is 8.48. The van der Waals surface area contributed by atoms with E-state index in [0.29, 0.717) is 17.2 Å². The Morgan fingerprint density at radius 2 is 1.85 bits per heavy atom. The maximum atomic E-state index is 11.6. The van der Waals surface area contributed by atoms with Gasteiger partial charge in [0.1, 0.15) is 0 Å². The van der Waals surface area contributed by atoms with E-state index in [-0.39, 0.29) is 11.0 Å². The summed E-state index contributed by atoms with van der Waals surface area (Å²) < 4.78 is 10.8. The number of hydrogen-bond acceptors (Lipinski definition) is 3. The Hall–Kier alpha value is -0.843. The second-order valence-corrected chi connectivity index (χ2v) is 11.6. The van der Waals surface area contributed by atoms with Gasteiger partial charge in [-0.1, -0.05) is 32.4 Å². The molecule has 112 valence electrons. The third-order valence-electron chi connectivity index (χ3n) is 3.78. The van der Waals surface area contributed by atoms with Gasteiger partial charge < -0.3 is 9.16 Å². The van der Waals surface area contributed by atoms with E-state index in [9.17, 15) is 4.79 Å². The summed E-state index contributed by atoms with van der Waals surface area (Å²) in [6.45, 7) is 11.4. The number of carbonyl (C=O) groups excluding carboxylic acids is 1. The maximum absolute atomic E-state index is 11.6. The van der Waals surface area contributed by atoms with Gasteiger partial charge in [0.25, 0.3) is 0 Å². The maximum Gasteiger partial charge on any atom is 0.337 e. The molecule has 0 amide bonds. The fourth-order valence-corrected chi connectivity index (χ4v) is 2.67. The fourth-order valence-electron chi connectivity index (χ4n) is 1.45. The van der Waals surface area contributed by atoms with E-state index < -0.39 is 8.32 Å². The normalized spacial score (nSPS) is 12.3. The van der Waals surface area contributed by atoms with E-state index in [1.165, 1.54) is 7.11 Å². The van der Waals surface area contributed by atoms with Crippen LogP contribution in [0.15, 0.2) is 18.2 Å². The van der Waals surface area contributed by atoms with Crippen molar-refractivity contribution in [3.8, 4) is 0 Å². The largest absolute Gasteiger partial charge is 0.465 e. The summed E-state index contributed by atoms with van der Waals surface area (Å²) in [5.74, 6) is -0.388. The predicted molar refractivity (Wildman–Crippen MR) is 84.8 cm³/mol. The zero-order valence-electron chi connectivity index (χ0n) is 13.0. The van der Waals surface area contributed by atoms with Crippen molar-refractivity contribution in [2.24, 2.45) is 0 Å². The molecule has 0 N–H and O–H groups in total. The molecule has 5 heteroatoms. The van der Waals surface area contributed by atoms with E-state index >= 15 is 0 Å². The molecule has 0 bridgehead atoms. The summed E-state index contributed by atoms with van der Waals surface area (Å²) in [7, 11) is -0.461. The molecule has 1 rings (SSSR count). The Balaban J connectivity index is 2.89. The van der Waals surface area contributed by atoms with Crippen LogP contribution in [0.1, 0.15) is 36.7 Å². The molecule has 3 nitrogen and oxygen atoms in total. The first-order valence-electron chi connectivity index (χ1n) is 6.58. The van der Waals surface area contributed by atoms with Gasteiger partial charge in [0.15, 0.2) is 8.32 Å². The van der Waals surface area contributed by atoms with Crippen molar-refractivity contribution in [1.29, 1.82) is 0 Å². The molecular formula is C15H23ClO3Si. The van der Waals surface area contributed by atoms with Crippen molar-refractivity contribution in [3.05, 3.63) is 34.3 Å². The highest BCUT2D eigenvalue weighted by molar-refractivity contribution is 6.74. The number of hydrogen-bond donors (Lipinski definition) is 0. The first-order valence-corrected chi connectivity index (χ1v) is 9.87. The monoisotopic (exact) mass is 314 g/mol. The molecule has 20 heavy (non-hydrogen) atoms. The minimum Gasteiger partial charge on any atom is -0.465 e. The van der Waals surface area contributed by atoms with Crippen LogP contribution < -0.4 is 0 Å². The molecule has 1 aromatic rings. The van der Waals surface area contributed by atoms with Crippen molar-refractivity contribution in [2.45, 2.75) is 45.5 Å². The zero-order valence-corrected chi connectivity index (χ0v) is 14.8. The van der Waals surface area contributed by atoms with E-state index in [1.54, 1.807) is 12.1 Å². The zero-order chi connectivity index (χ0) is 15.6. The van der Waals surface area contributed by atoms with Crippen LogP contribution in [0.3, 0.4) is 0 Å². The Labute approximate surface area is 127 Å². The minimum atomic E-state index is -1.82. The fraction of sp³-hybridized carbons (Fsp3) is 0.533. The van der Waals surface area contributed by atoms with Crippen molar-refractivity contribution in [1.82, 2.24) is 0 Å². The number of ether oxygens (including phenoxy) is 1. The lowest BCUT2D eigenvalue weighted by molar-refractivity contribution is 0.0600. The van der Waals surface area contributed by atoms with Crippen LogP contribution in [0.5, 0.6) is 0 Å². The van der Waals surface area contributed by atoms with Crippen LogP contribution >= 0.6 is 11.6 Å². The average Bonchev–Trinajstić information content (AvgIpc) is 2.33. The third kappa shape index (κ3) is 4.33. The molecule has 0 saturated carbocycles. The Kier molecular flexibility index (Phi) is 5.41. The molecule has 0 aromatic heterocycles. The number of carbonyl (C=O) groups is 1. The van der Waals surface area contributed by atoms with Crippen molar-refractivity contribution < 1.29 is 14.0 Å². The van der Waals surface area contributed by atoms with Gasteiger partial charge in [-0.15, -0.1) is 0 Å². The van der Waals surface area contributed by atoms with Crippen LogP contribution in [0.2, 0.25) is 23.2 Å². The van der Waals surface area contributed by atoms with Crippen LogP contribution in [0, 0.1) is 0 Å². The van der Waals surface area contributed by atoms with Gasteiger partial charge in [0.2, 0.25) is 0 Å². The van der Waals surface area contributed by atoms with E-state index in [0.717, 1.165) is 5.56 Å². The number of esters is 1. The van der Waals surface area contributed by atoms with Crippen LogP contribution in [0.4, 0.5) is 0 Å². The predicted octanol–water partition coefficient (Wildman–Crippen LogP) is 4.65. The first kappa shape index (κ1) is 17.2. The van der Waals surface area contributed by atoms with Crippen molar-refractivity contribution in [2.75, 3.05) is 7.11 Å². The Morgan fingerprint density at radius 3 is 2.35 bits per heavy atom. The van der Waals surface area contributed by atoms with Crippen LogP contribution in [-0.4, -0.2) is 21.4 Å². The molecule has 0 unspecified atom stereocenters. The standard InChI is InChI=1S/C15H23ClO3Si/c1-15(2,3)20(5,6)19-10-11-7-12(14(17)18-4)9-13(16)8-11/h7-9H,10H2,1-6H3. The highest BCUT2D eigenvalue weighted by atomic mass is 35.5. The minimum absolute atomic E-state index is 0.150. The first-order chi connectivity index (χ1) is 9.06. The summed E-state index contributed by atoms with van der Waals surface area (Å²) in [5, 5.41) is 0.665. The van der Waals surface area contributed by atoms with Crippen LogP contribution in [0.25, 0.3) is 0 Å². The number of halogens is 1. The van der Waals surface area contributed by atoms with Crippen molar-refractivity contribution >= 4 is 25.9 Å². The molecule has 0 spiro atoms. The number of benzene rings is 1. The molecule has 0 aliphatic heterocycles. The highest BCUT2D eigenvalue weighted by Crippen LogP contribution is 2.37. The molecule has 0 heterocycles. The van der Waals surface area contributed by atoms with Crippen LogP contribution in [-0.2, 0) is 15.8 Å². The topological polar surface area (TPSA) is 35.5 Å². The van der Waals surface area contributed by atoms with Crippen molar-refractivity contribution in [3.63, 3.8) is 0 Å². The molecule has 1 aromatic carbocycles. The van der Waals surface area contributed by atoms with Gasteiger partial charge in [0.05, 0.1) is 19.3 Å². The summed E-state index contributed by atoms with van der Waals surface area (Å²) in [4.78, 5) is 11.6. The van der Waals surface area contributed by atoms with Gasteiger partial charge in [-0.2, -0.15) is 0 Å². The molecule has 0 fully saturated rings. The summed E-state index contributed by atoms with van der Waals surface area (Å²) in [5.41, 5.74) is 1.34. The summed E-state index contributed by atoms with van der Waals surface area (Å²) >= 11 is 6.04. The number of methoxy groups -OCH3 is 1. The molecule has 0 atom stereocenters. The smallest absolute Gasteiger partial charge is 0.337 e. The summed E-state index contributed by atoms with van der Waals surface area (Å²) in [6.07, 6.45) is 0. The lowest BCUT2D eigenvalue weighted by Crippen LogP contribution is -2.40. The lowest BCUT2D eigenvalue weighted by atomic mass is 10.1. The molecule has 0 radical (unpaired) electrons. The van der Waals surface area contributed by atoms with E-state index in [4.69, 9.17) is 20.8 Å². The summed E-state index contributed by atoms with van der Waals surface area (Å²) in [6, 6.07) is 5.19. The molecule has 0 aliphatic rings. The number of rotatable bonds is 4. The van der Waals surface area contributed by atoms with Gasteiger partial charge in [-0.05, 0) is 41.9 Å². The quantitative estimate of drug-likeness (QED) is 0.599. The van der Waals surface area contributed by atoms with Gasteiger partial charge in [-0.25, -0.2) is 4.79 Å². The second kappa shape index (κ2) is 6.29. The van der Waals surface area contributed by atoms with Gasteiger partial charge in [0, 0.05) is 5.02 Å². The Bertz CT molecular complexity index is 492. The van der Waals surface area contributed by atoms with E-state index in [2.05, 4.69) is 33.9 Å². The van der Waals surface area contributed by atoms with Gasteiger partial charge >= 0.3 is 5.97 Å².